The van der Waals surface area contributed by atoms with Crippen LogP contribution in [-0.2, 0) is 4.79 Å². The predicted molar refractivity (Wildman–Crippen MR) is 97.0 cm³/mol. The molecule has 0 bridgehead atoms. The van der Waals surface area contributed by atoms with Crippen LogP contribution in [0.1, 0.15) is 43.2 Å². The molecule has 0 saturated carbocycles. The van der Waals surface area contributed by atoms with Gasteiger partial charge in [0.2, 0.25) is 11.9 Å². The summed E-state index contributed by atoms with van der Waals surface area (Å²) < 4.78 is 0. The molecule has 1 fully saturated rings. The Hall–Kier alpha value is -2.63. The van der Waals surface area contributed by atoms with Gasteiger partial charge in [-0.25, -0.2) is 0 Å². The number of carbonyl (C=O) groups is 1. The van der Waals surface area contributed by atoms with Crippen LogP contribution in [0.2, 0.25) is 0 Å². The number of benzene rings is 1. The second kappa shape index (κ2) is 6.35. The molecule has 4 rings (SSSR count). The van der Waals surface area contributed by atoms with Gasteiger partial charge >= 0.3 is 0 Å². The van der Waals surface area contributed by atoms with Crippen molar-refractivity contribution in [1.82, 2.24) is 9.97 Å². The lowest BCUT2D eigenvalue weighted by atomic mass is 9.87. The molecule has 0 radical (unpaired) electrons. The van der Waals surface area contributed by atoms with Gasteiger partial charge < -0.3 is 10.2 Å². The smallest absolute Gasteiger partial charge is 0.258 e. The average Bonchev–Trinajstić information content (AvgIpc) is 2.62. The zero-order valence-electron chi connectivity index (χ0n) is 14.3. The Kier molecular flexibility index (Phi) is 4.03. The summed E-state index contributed by atoms with van der Waals surface area (Å²) in [5, 5.41) is 2.79. The molecule has 1 unspecified atom stereocenters. The van der Waals surface area contributed by atoms with E-state index in [-0.39, 0.29) is 23.8 Å². The van der Waals surface area contributed by atoms with Gasteiger partial charge in [0.25, 0.3) is 5.56 Å². The zero-order chi connectivity index (χ0) is 17.4. The molecule has 2 aliphatic rings. The Balaban J connectivity index is 1.74. The third kappa shape index (κ3) is 3.04. The number of piperidine rings is 1. The fourth-order valence-corrected chi connectivity index (χ4v) is 3.70. The van der Waals surface area contributed by atoms with Crippen molar-refractivity contribution in [2.24, 2.45) is 5.92 Å². The largest absolute Gasteiger partial charge is 0.342 e. The van der Waals surface area contributed by atoms with Crippen molar-refractivity contribution < 1.29 is 4.79 Å². The summed E-state index contributed by atoms with van der Waals surface area (Å²) in [6.45, 7) is 3.99. The minimum Gasteiger partial charge on any atom is -0.342 e. The maximum atomic E-state index is 12.8. The summed E-state index contributed by atoms with van der Waals surface area (Å²) in [5.41, 5.74) is 1.36. The van der Waals surface area contributed by atoms with Gasteiger partial charge in [0.1, 0.15) is 5.82 Å². The quantitative estimate of drug-likeness (QED) is 0.882. The Morgan fingerprint density at radius 1 is 1.12 bits per heavy atom. The molecule has 6 heteroatoms. The number of fused-ring (bicyclic) bond motifs is 1. The van der Waals surface area contributed by atoms with Crippen LogP contribution in [0, 0.1) is 5.92 Å². The molecule has 25 heavy (non-hydrogen) atoms. The lowest BCUT2D eigenvalue weighted by molar-refractivity contribution is -0.116. The van der Waals surface area contributed by atoms with Crippen LogP contribution < -0.4 is 15.8 Å². The van der Waals surface area contributed by atoms with E-state index in [4.69, 9.17) is 0 Å². The topological polar surface area (TPSA) is 78.1 Å². The van der Waals surface area contributed by atoms with E-state index in [9.17, 15) is 9.59 Å². The number of rotatable bonds is 2. The van der Waals surface area contributed by atoms with E-state index in [1.54, 1.807) is 0 Å². The van der Waals surface area contributed by atoms with Crippen LogP contribution in [0.15, 0.2) is 35.1 Å². The monoisotopic (exact) mass is 338 g/mol. The lowest BCUT2D eigenvalue weighted by Gasteiger charge is -2.32. The molecule has 130 valence electrons. The summed E-state index contributed by atoms with van der Waals surface area (Å²) in [6, 6.07) is 9.67. The third-order valence-electron chi connectivity index (χ3n) is 5.22. The number of hydrogen-bond acceptors (Lipinski definition) is 4. The van der Waals surface area contributed by atoms with Crippen LogP contribution in [0.4, 0.5) is 11.8 Å². The van der Waals surface area contributed by atoms with Gasteiger partial charge in [-0.3, -0.25) is 14.6 Å². The highest BCUT2D eigenvalue weighted by atomic mass is 16.2. The molecule has 3 heterocycles. The van der Waals surface area contributed by atoms with E-state index in [1.807, 2.05) is 30.3 Å². The van der Waals surface area contributed by atoms with E-state index < -0.39 is 0 Å². The highest BCUT2D eigenvalue weighted by Gasteiger charge is 2.31. The number of anilines is 2. The SMILES string of the molecule is CC1CCN(c2nc3c(c(=O)[nH]2)C(c2ccccc2)CC(=O)N3)CC1. The van der Waals surface area contributed by atoms with Gasteiger partial charge in [-0.1, -0.05) is 37.3 Å². The summed E-state index contributed by atoms with van der Waals surface area (Å²) in [6.07, 6.45) is 2.43. The number of nitrogens with one attached hydrogen (secondary N) is 2. The van der Waals surface area contributed by atoms with E-state index in [0.717, 1.165) is 31.5 Å². The van der Waals surface area contributed by atoms with E-state index in [2.05, 4.69) is 27.1 Å². The van der Waals surface area contributed by atoms with Crippen LogP contribution in [-0.4, -0.2) is 29.0 Å². The van der Waals surface area contributed by atoms with Crippen molar-refractivity contribution in [3.05, 3.63) is 51.8 Å². The Labute approximate surface area is 146 Å². The normalized spacial score (nSPS) is 20.9. The van der Waals surface area contributed by atoms with Gasteiger partial charge in [-0.2, -0.15) is 4.98 Å². The zero-order valence-corrected chi connectivity index (χ0v) is 14.3. The van der Waals surface area contributed by atoms with Crippen molar-refractivity contribution in [2.45, 2.75) is 32.1 Å². The summed E-state index contributed by atoms with van der Waals surface area (Å²) in [5.74, 6) is 1.31. The van der Waals surface area contributed by atoms with Crippen LogP contribution >= 0.6 is 0 Å². The first-order valence-corrected chi connectivity index (χ1v) is 8.86. The highest BCUT2D eigenvalue weighted by molar-refractivity contribution is 5.94. The molecule has 0 aliphatic carbocycles. The number of hydrogen-bond donors (Lipinski definition) is 2. The van der Waals surface area contributed by atoms with Crippen LogP contribution in [0.3, 0.4) is 0 Å². The molecule has 1 saturated heterocycles. The first-order valence-electron chi connectivity index (χ1n) is 8.86. The maximum Gasteiger partial charge on any atom is 0.258 e. The number of H-pyrrole nitrogens is 1. The molecule has 1 aromatic heterocycles. The molecule has 1 aromatic carbocycles. The van der Waals surface area contributed by atoms with Gasteiger partial charge in [-0.05, 0) is 24.3 Å². The fourth-order valence-electron chi connectivity index (χ4n) is 3.70. The summed E-state index contributed by atoms with van der Waals surface area (Å²) >= 11 is 0. The Morgan fingerprint density at radius 3 is 2.56 bits per heavy atom. The fraction of sp³-hybridized carbons (Fsp3) is 0.421. The third-order valence-corrected chi connectivity index (χ3v) is 5.22. The molecular formula is C19H22N4O2. The molecule has 2 aliphatic heterocycles. The Morgan fingerprint density at radius 2 is 1.84 bits per heavy atom. The number of aromatic amines is 1. The molecule has 1 amide bonds. The molecular weight excluding hydrogens is 316 g/mol. The molecule has 0 spiro atoms. The van der Waals surface area contributed by atoms with Crippen LogP contribution in [0.25, 0.3) is 0 Å². The van der Waals surface area contributed by atoms with E-state index in [1.165, 1.54) is 0 Å². The van der Waals surface area contributed by atoms with E-state index in [0.29, 0.717) is 23.2 Å². The second-order valence-corrected chi connectivity index (χ2v) is 7.04. The number of nitrogens with zero attached hydrogens (tertiary/aromatic N) is 2. The van der Waals surface area contributed by atoms with Gasteiger partial charge in [0, 0.05) is 25.4 Å². The van der Waals surface area contributed by atoms with Crippen molar-refractivity contribution in [1.29, 1.82) is 0 Å². The van der Waals surface area contributed by atoms with Gasteiger partial charge in [0.05, 0.1) is 5.56 Å². The second-order valence-electron chi connectivity index (χ2n) is 7.04. The molecule has 2 N–H and O–H groups in total. The minimum absolute atomic E-state index is 0.0994. The van der Waals surface area contributed by atoms with Crippen molar-refractivity contribution >= 4 is 17.7 Å². The average molecular weight is 338 g/mol. The number of amides is 1. The number of aromatic nitrogens is 2. The minimum atomic E-state index is -0.253. The van der Waals surface area contributed by atoms with Crippen LogP contribution in [0.5, 0.6) is 0 Å². The number of carbonyl (C=O) groups excluding carboxylic acids is 1. The van der Waals surface area contributed by atoms with Crippen molar-refractivity contribution in [3.8, 4) is 0 Å². The van der Waals surface area contributed by atoms with Crippen molar-refractivity contribution in [3.63, 3.8) is 0 Å². The van der Waals surface area contributed by atoms with Gasteiger partial charge in [0.15, 0.2) is 0 Å². The predicted octanol–water partition coefficient (Wildman–Crippen LogP) is 2.48. The first-order chi connectivity index (χ1) is 12.1. The summed E-state index contributed by atoms with van der Waals surface area (Å²) in [4.78, 5) is 34.6. The standard InChI is InChI=1S/C19H22N4O2/c1-12-7-9-23(10-8-12)19-21-17-16(18(25)22-19)14(11-15(24)20-17)13-5-3-2-4-6-13/h2-6,12,14H,7-11H2,1H3,(H2,20,21,22,24,25). The van der Waals surface area contributed by atoms with Crippen molar-refractivity contribution in [2.75, 3.05) is 23.3 Å². The highest BCUT2D eigenvalue weighted by Crippen LogP contribution is 2.34. The Bertz CT molecular complexity index is 838. The maximum absolute atomic E-state index is 12.8. The van der Waals surface area contributed by atoms with Gasteiger partial charge in [-0.15, -0.1) is 0 Å². The lowest BCUT2D eigenvalue weighted by Crippen LogP contribution is -2.37. The first kappa shape index (κ1) is 15.9. The van der Waals surface area contributed by atoms with E-state index >= 15 is 0 Å². The molecule has 6 nitrogen and oxygen atoms in total. The molecule has 1 atom stereocenters. The molecule has 2 aromatic rings. The summed E-state index contributed by atoms with van der Waals surface area (Å²) in [7, 11) is 0.